The molecule has 0 radical (unpaired) electrons. The Labute approximate surface area is 83.5 Å². The van der Waals surface area contributed by atoms with Crippen molar-refractivity contribution in [3.05, 3.63) is 0 Å². The fourth-order valence-electron chi connectivity index (χ4n) is 2.14. The summed E-state index contributed by atoms with van der Waals surface area (Å²) in [6.07, 6.45) is 3.14. The van der Waals surface area contributed by atoms with Crippen LogP contribution in [-0.2, 0) is 19.0 Å². The number of carbonyl (C=O) groups excluding carboxylic acids is 1. The third-order valence-electron chi connectivity index (χ3n) is 2.90. The Morgan fingerprint density at radius 2 is 2.07 bits per heavy atom. The van der Waals surface area contributed by atoms with Gasteiger partial charge in [0.15, 0.2) is 5.79 Å². The highest BCUT2D eigenvalue weighted by Crippen LogP contribution is 2.45. The molecule has 0 aromatic rings. The highest BCUT2D eigenvalue weighted by molar-refractivity contribution is 5.69. The standard InChI is InChI=1S/C10H16O4/c1-12-9(11)5-8-6-10(7-8)13-3-2-4-14-10/h8H,2-7H2,1H3. The number of carbonyl (C=O) groups is 1. The summed E-state index contributed by atoms with van der Waals surface area (Å²) in [5.41, 5.74) is 0. The van der Waals surface area contributed by atoms with Gasteiger partial charge in [-0.1, -0.05) is 0 Å². The maximum Gasteiger partial charge on any atom is 0.305 e. The van der Waals surface area contributed by atoms with Gasteiger partial charge < -0.3 is 14.2 Å². The minimum absolute atomic E-state index is 0.138. The lowest BCUT2D eigenvalue weighted by Crippen LogP contribution is -2.51. The smallest absolute Gasteiger partial charge is 0.305 e. The zero-order chi connectivity index (χ0) is 10.0. The first-order valence-corrected chi connectivity index (χ1v) is 5.09. The van der Waals surface area contributed by atoms with Crippen LogP contribution in [0, 0.1) is 5.92 Å². The molecule has 1 aliphatic carbocycles. The van der Waals surface area contributed by atoms with Gasteiger partial charge in [0.2, 0.25) is 0 Å². The van der Waals surface area contributed by atoms with Crippen molar-refractivity contribution >= 4 is 5.97 Å². The SMILES string of the molecule is COC(=O)CC1CC2(C1)OCCCO2. The van der Waals surface area contributed by atoms with Crippen LogP contribution in [0.1, 0.15) is 25.7 Å². The first-order valence-electron chi connectivity index (χ1n) is 5.09. The van der Waals surface area contributed by atoms with Crippen molar-refractivity contribution in [2.75, 3.05) is 20.3 Å². The lowest BCUT2D eigenvalue weighted by Gasteiger charge is -2.48. The van der Waals surface area contributed by atoms with Crippen LogP contribution in [0.4, 0.5) is 0 Å². The zero-order valence-electron chi connectivity index (χ0n) is 8.45. The molecule has 1 saturated carbocycles. The maximum absolute atomic E-state index is 11.0. The summed E-state index contributed by atoms with van der Waals surface area (Å²) in [5.74, 6) is -0.113. The lowest BCUT2D eigenvalue weighted by atomic mass is 9.76. The summed E-state index contributed by atoms with van der Waals surface area (Å²) in [7, 11) is 1.42. The molecule has 4 heteroatoms. The molecule has 0 atom stereocenters. The van der Waals surface area contributed by atoms with Crippen molar-refractivity contribution in [2.45, 2.75) is 31.5 Å². The van der Waals surface area contributed by atoms with Crippen LogP contribution in [0.25, 0.3) is 0 Å². The van der Waals surface area contributed by atoms with E-state index in [0.29, 0.717) is 12.3 Å². The van der Waals surface area contributed by atoms with Crippen LogP contribution in [0.15, 0.2) is 0 Å². The summed E-state index contributed by atoms with van der Waals surface area (Å²) >= 11 is 0. The molecule has 0 aromatic carbocycles. The Bertz CT molecular complexity index is 212. The molecule has 1 aliphatic heterocycles. The van der Waals surface area contributed by atoms with Gasteiger partial charge in [-0.15, -0.1) is 0 Å². The van der Waals surface area contributed by atoms with Gasteiger partial charge >= 0.3 is 5.97 Å². The molecule has 2 rings (SSSR count). The van der Waals surface area contributed by atoms with Crippen molar-refractivity contribution < 1.29 is 19.0 Å². The summed E-state index contributed by atoms with van der Waals surface area (Å²) in [6.45, 7) is 1.57. The van der Waals surface area contributed by atoms with E-state index in [1.807, 2.05) is 0 Å². The molecule has 0 aromatic heterocycles. The number of methoxy groups -OCH3 is 1. The average Bonchev–Trinajstić information content (AvgIpc) is 2.17. The number of hydrogen-bond acceptors (Lipinski definition) is 4. The van der Waals surface area contributed by atoms with E-state index >= 15 is 0 Å². The highest BCUT2D eigenvalue weighted by Gasteiger charge is 2.48. The third kappa shape index (κ3) is 1.91. The van der Waals surface area contributed by atoms with E-state index in [4.69, 9.17) is 9.47 Å². The molecule has 0 bridgehead atoms. The van der Waals surface area contributed by atoms with E-state index in [-0.39, 0.29) is 11.8 Å². The van der Waals surface area contributed by atoms with Crippen LogP contribution < -0.4 is 0 Å². The number of hydrogen-bond donors (Lipinski definition) is 0. The highest BCUT2D eigenvalue weighted by atomic mass is 16.7. The van der Waals surface area contributed by atoms with Gasteiger partial charge in [-0.25, -0.2) is 0 Å². The van der Waals surface area contributed by atoms with Gasteiger partial charge in [0.1, 0.15) is 0 Å². The van der Waals surface area contributed by atoms with Crippen LogP contribution in [0.3, 0.4) is 0 Å². The molecule has 1 spiro atoms. The van der Waals surface area contributed by atoms with Gasteiger partial charge in [0.25, 0.3) is 0 Å². The maximum atomic E-state index is 11.0. The molecular formula is C10H16O4. The summed E-state index contributed by atoms with van der Waals surface area (Å²) in [4.78, 5) is 11.0. The van der Waals surface area contributed by atoms with Crippen LogP contribution in [0.2, 0.25) is 0 Å². The molecule has 1 heterocycles. The van der Waals surface area contributed by atoms with E-state index in [2.05, 4.69) is 4.74 Å². The quantitative estimate of drug-likeness (QED) is 0.626. The van der Waals surface area contributed by atoms with Crippen LogP contribution in [0.5, 0.6) is 0 Å². The van der Waals surface area contributed by atoms with Gasteiger partial charge in [0, 0.05) is 19.3 Å². The monoisotopic (exact) mass is 200 g/mol. The van der Waals surface area contributed by atoms with Gasteiger partial charge in [-0.3, -0.25) is 4.79 Å². The molecule has 0 unspecified atom stereocenters. The predicted octanol–water partition coefficient (Wildman–Crippen LogP) is 1.09. The van der Waals surface area contributed by atoms with E-state index in [1.165, 1.54) is 7.11 Å². The van der Waals surface area contributed by atoms with Crippen molar-refractivity contribution in [1.82, 2.24) is 0 Å². The van der Waals surface area contributed by atoms with Gasteiger partial charge in [-0.2, -0.15) is 0 Å². The third-order valence-corrected chi connectivity index (χ3v) is 2.90. The Balaban J connectivity index is 1.75. The zero-order valence-corrected chi connectivity index (χ0v) is 8.45. The second-order valence-electron chi connectivity index (χ2n) is 4.02. The van der Waals surface area contributed by atoms with E-state index < -0.39 is 0 Å². The van der Waals surface area contributed by atoms with E-state index in [9.17, 15) is 4.79 Å². The van der Waals surface area contributed by atoms with E-state index in [0.717, 1.165) is 32.5 Å². The average molecular weight is 200 g/mol. The fraction of sp³-hybridized carbons (Fsp3) is 0.900. The van der Waals surface area contributed by atoms with Gasteiger partial charge in [0.05, 0.1) is 20.3 Å². The largest absolute Gasteiger partial charge is 0.469 e. The summed E-state index contributed by atoms with van der Waals surface area (Å²) < 4.78 is 15.8. The first kappa shape index (κ1) is 9.93. The minimum Gasteiger partial charge on any atom is -0.469 e. The molecule has 1 saturated heterocycles. The fourth-order valence-corrected chi connectivity index (χ4v) is 2.14. The normalized spacial score (nSPS) is 25.8. The molecule has 80 valence electrons. The molecule has 0 amide bonds. The van der Waals surface area contributed by atoms with Crippen LogP contribution in [-0.4, -0.2) is 32.1 Å². The van der Waals surface area contributed by atoms with Crippen molar-refractivity contribution in [1.29, 1.82) is 0 Å². The molecule has 2 fully saturated rings. The number of rotatable bonds is 2. The van der Waals surface area contributed by atoms with Crippen LogP contribution >= 0.6 is 0 Å². The lowest BCUT2D eigenvalue weighted by molar-refractivity contribution is -0.318. The summed E-state index contributed by atoms with van der Waals surface area (Å²) in [5, 5.41) is 0. The Kier molecular flexibility index (Phi) is 2.74. The number of esters is 1. The topological polar surface area (TPSA) is 44.8 Å². The van der Waals surface area contributed by atoms with Gasteiger partial charge in [-0.05, 0) is 12.3 Å². The molecule has 0 N–H and O–H groups in total. The predicted molar refractivity (Wildman–Crippen MR) is 48.6 cm³/mol. The molecule has 4 nitrogen and oxygen atoms in total. The minimum atomic E-state index is -0.350. The first-order chi connectivity index (χ1) is 6.74. The second-order valence-corrected chi connectivity index (χ2v) is 4.02. The molecular weight excluding hydrogens is 184 g/mol. The summed E-state index contributed by atoms with van der Waals surface area (Å²) in [6, 6.07) is 0. The second kappa shape index (κ2) is 3.87. The van der Waals surface area contributed by atoms with Crippen molar-refractivity contribution in [3.8, 4) is 0 Å². The Morgan fingerprint density at radius 3 is 2.64 bits per heavy atom. The molecule has 2 aliphatic rings. The van der Waals surface area contributed by atoms with E-state index in [1.54, 1.807) is 0 Å². The number of ether oxygens (including phenoxy) is 3. The Morgan fingerprint density at radius 1 is 1.43 bits per heavy atom. The van der Waals surface area contributed by atoms with Crippen molar-refractivity contribution in [3.63, 3.8) is 0 Å². The Hall–Kier alpha value is -0.610. The molecule has 14 heavy (non-hydrogen) atoms. The van der Waals surface area contributed by atoms with Crippen molar-refractivity contribution in [2.24, 2.45) is 5.92 Å².